The zero-order valence-corrected chi connectivity index (χ0v) is 26.6. The van der Waals surface area contributed by atoms with Crippen LogP contribution in [0.5, 0.6) is 0 Å². The molecular weight excluding hydrogens is 607 g/mol. The number of halogens is 3. The van der Waals surface area contributed by atoms with E-state index in [4.69, 9.17) is 44.8 Å². The van der Waals surface area contributed by atoms with Crippen molar-refractivity contribution in [3.63, 3.8) is 0 Å². The van der Waals surface area contributed by atoms with E-state index in [2.05, 4.69) is 30.4 Å². The molecule has 0 spiro atoms. The van der Waals surface area contributed by atoms with E-state index in [-0.39, 0.29) is 30.2 Å². The molecule has 0 amide bonds. The molecule has 7 nitrogen and oxygen atoms in total. The van der Waals surface area contributed by atoms with Crippen LogP contribution in [0, 0.1) is 6.92 Å². The van der Waals surface area contributed by atoms with E-state index in [1.54, 1.807) is 12.1 Å². The van der Waals surface area contributed by atoms with Crippen molar-refractivity contribution >= 4 is 83.7 Å². The molecule has 5 heterocycles. The van der Waals surface area contributed by atoms with Crippen LogP contribution < -0.4 is 0 Å². The van der Waals surface area contributed by atoms with Crippen LogP contribution >= 0.6 is 34.8 Å². The molecule has 0 radical (unpaired) electrons. The molecule has 0 saturated carbocycles. The smallest absolute Gasteiger partial charge is 0.254 e. The Labute approximate surface area is 264 Å². The fraction of sp³-hybridized carbons (Fsp3) is 0.303. The number of nitrogens with zero attached hydrogens (tertiary/aromatic N) is 2. The maximum Gasteiger partial charge on any atom is 0.254 e. The van der Waals surface area contributed by atoms with E-state index < -0.39 is 15.7 Å². The van der Waals surface area contributed by atoms with Crippen LogP contribution in [0.1, 0.15) is 95.3 Å². The Balaban J connectivity index is 2.01. The third-order valence-corrected chi connectivity index (χ3v) is 9.01. The number of carbonyl (C=O) groups excluding carboxylic acids is 3. The van der Waals surface area contributed by atoms with Gasteiger partial charge in [0.15, 0.2) is 0 Å². The largest absolute Gasteiger partial charge is 0.355 e. The zero-order chi connectivity index (χ0) is 31.2. The van der Waals surface area contributed by atoms with Crippen LogP contribution in [-0.4, -0.2) is 35.7 Å². The van der Waals surface area contributed by atoms with Gasteiger partial charge < -0.3 is 9.97 Å². The molecular formula is C33H31Cl3N4O3. The maximum absolute atomic E-state index is 12.7. The van der Waals surface area contributed by atoms with Crippen molar-refractivity contribution in [1.29, 1.82) is 0 Å². The van der Waals surface area contributed by atoms with Crippen LogP contribution in [0.25, 0.3) is 33.2 Å². The van der Waals surface area contributed by atoms with Crippen molar-refractivity contribution in [2.75, 3.05) is 0 Å². The lowest BCUT2D eigenvalue weighted by molar-refractivity contribution is -0.112. The van der Waals surface area contributed by atoms with Crippen molar-refractivity contribution < 1.29 is 14.4 Å². The summed E-state index contributed by atoms with van der Waals surface area (Å²) >= 11 is 17.8. The minimum absolute atomic E-state index is 0.109. The number of H-pyrrole nitrogens is 2. The summed E-state index contributed by atoms with van der Waals surface area (Å²) in [4.78, 5) is 53.8. The monoisotopic (exact) mass is 636 g/mol. The molecule has 2 atom stereocenters. The summed E-state index contributed by atoms with van der Waals surface area (Å²) in [6.07, 6.45) is 2.86. The molecule has 2 aliphatic heterocycles. The number of aromatic nitrogens is 4. The first kappa shape index (κ1) is 30.9. The third-order valence-electron chi connectivity index (χ3n) is 8.48. The van der Waals surface area contributed by atoms with Crippen molar-refractivity contribution in [2.24, 2.45) is 0 Å². The van der Waals surface area contributed by atoms with Gasteiger partial charge in [-0.2, -0.15) is 0 Å². The molecule has 2 aliphatic rings. The molecule has 3 aromatic rings. The molecule has 0 unspecified atom stereocenters. The van der Waals surface area contributed by atoms with E-state index >= 15 is 0 Å². The van der Waals surface area contributed by atoms with Gasteiger partial charge in [0, 0.05) is 51.6 Å². The lowest BCUT2D eigenvalue weighted by Gasteiger charge is -2.17. The number of hydrogen-bond donors (Lipinski definition) is 2. The summed E-state index contributed by atoms with van der Waals surface area (Å²) in [6.45, 7) is 12.2. The summed E-state index contributed by atoms with van der Waals surface area (Å²) in [5.74, 6) is -0.446. The zero-order valence-electron chi connectivity index (χ0n) is 24.3. The molecule has 0 fully saturated rings. The highest BCUT2D eigenvalue weighted by Gasteiger charge is 2.33. The standard InChI is InChI=1S/C33H31Cl3N4O3/c1-6-19-15(3)25-14-28-20(7-2)16(4)24(39-28)13-26-17(5)21(8-9-29(34)41)31(40-26)22(12-30(35)42)32-23(33(36)43)10-18(37-32)11-27(19)38-25/h7,10-11,13-14,17,21,37-38H,2,6,8-9,12H2,1,3-5H3/t17-,21-/m0/s1. The van der Waals surface area contributed by atoms with E-state index in [1.165, 1.54) is 0 Å². The molecule has 3 aromatic heterocycles. The third kappa shape index (κ3) is 5.86. The Morgan fingerprint density at radius 2 is 1.70 bits per heavy atom. The number of aromatic amines is 2. The van der Waals surface area contributed by atoms with Crippen molar-refractivity contribution in [2.45, 2.75) is 65.2 Å². The highest BCUT2D eigenvalue weighted by atomic mass is 35.5. The second kappa shape index (κ2) is 12.2. The molecule has 10 heteroatoms. The van der Waals surface area contributed by atoms with Gasteiger partial charge in [-0.3, -0.25) is 19.4 Å². The number of carbonyl (C=O) groups is 3. The van der Waals surface area contributed by atoms with Crippen LogP contribution in [0.4, 0.5) is 0 Å². The van der Waals surface area contributed by atoms with Crippen LogP contribution in [0.15, 0.2) is 36.9 Å². The summed E-state index contributed by atoms with van der Waals surface area (Å²) < 4.78 is 0. The minimum Gasteiger partial charge on any atom is -0.355 e. The van der Waals surface area contributed by atoms with Gasteiger partial charge in [0.25, 0.3) is 5.24 Å². The van der Waals surface area contributed by atoms with Crippen LogP contribution in [0.2, 0.25) is 0 Å². The molecule has 0 aliphatic carbocycles. The Morgan fingerprint density at radius 3 is 2.33 bits per heavy atom. The first-order chi connectivity index (χ1) is 20.4. The maximum atomic E-state index is 12.7. The predicted molar refractivity (Wildman–Crippen MR) is 174 cm³/mol. The number of fused-ring (bicyclic) bond motifs is 8. The van der Waals surface area contributed by atoms with E-state index in [9.17, 15) is 14.4 Å². The van der Waals surface area contributed by atoms with E-state index in [0.717, 1.165) is 56.8 Å². The van der Waals surface area contributed by atoms with Crippen LogP contribution in [-0.2, 0) is 22.4 Å². The lowest BCUT2D eigenvalue weighted by atomic mass is 9.85. The molecule has 0 aromatic carbocycles. The van der Waals surface area contributed by atoms with Crippen molar-refractivity contribution in [3.05, 3.63) is 81.9 Å². The van der Waals surface area contributed by atoms with Gasteiger partial charge in [0.1, 0.15) is 0 Å². The lowest BCUT2D eigenvalue weighted by Crippen LogP contribution is -2.08. The van der Waals surface area contributed by atoms with E-state index in [1.807, 2.05) is 32.0 Å². The Hall–Kier alpha value is -3.52. The van der Waals surface area contributed by atoms with Crippen LogP contribution in [0.3, 0.4) is 0 Å². The van der Waals surface area contributed by atoms with Gasteiger partial charge in [-0.1, -0.05) is 26.5 Å². The van der Waals surface area contributed by atoms with Gasteiger partial charge >= 0.3 is 0 Å². The molecule has 43 heavy (non-hydrogen) atoms. The number of allylic oxidation sites excluding steroid dienone is 3. The Bertz CT molecular complexity index is 1900. The topological polar surface area (TPSA) is 109 Å². The van der Waals surface area contributed by atoms with Gasteiger partial charge in [-0.05, 0) is 102 Å². The Kier molecular flexibility index (Phi) is 8.80. The van der Waals surface area contributed by atoms with Gasteiger partial charge in [-0.15, -0.1) is 0 Å². The highest BCUT2D eigenvalue weighted by molar-refractivity contribution is 6.68. The number of aryl methyl sites for hydroxylation is 2. The summed E-state index contributed by atoms with van der Waals surface area (Å²) in [5, 5.41) is -1.78. The first-order valence-electron chi connectivity index (χ1n) is 14.1. The van der Waals surface area contributed by atoms with Gasteiger partial charge in [0.05, 0.1) is 34.6 Å². The predicted octanol–water partition coefficient (Wildman–Crippen LogP) is 8.42. The molecule has 222 valence electrons. The molecule has 2 N–H and O–H groups in total. The minimum atomic E-state index is -0.688. The average Bonchev–Trinajstić information content (AvgIpc) is 3.65. The summed E-state index contributed by atoms with van der Waals surface area (Å²) in [7, 11) is 0. The highest BCUT2D eigenvalue weighted by Crippen LogP contribution is 2.43. The van der Waals surface area contributed by atoms with Gasteiger partial charge in [-0.25, -0.2) is 4.98 Å². The van der Waals surface area contributed by atoms with E-state index in [0.29, 0.717) is 28.7 Å². The quantitative estimate of drug-likeness (QED) is 0.241. The van der Waals surface area contributed by atoms with Crippen molar-refractivity contribution in [1.82, 2.24) is 19.9 Å². The summed E-state index contributed by atoms with van der Waals surface area (Å²) in [5.41, 5.74) is 10.3. The summed E-state index contributed by atoms with van der Waals surface area (Å²) in [6, 6.07) is 7.54. The SMILES string of the molecule is C=CC1=C(C)c2cc3nc(c(CC(=O)Cl)c4[nH]c(cc4C(=O)Cl)cc4[nH]c(cc1n2)c(C)c4CC)[C@@H](CCC(=O)Cl)[C@@H]3C. The fourth-order valence-corrected chi connectivity index (χ4v) is 6.61. The molecule has 5 rings (SSSR count). The Morgan fingerprint density at radius 1 is 0.953 bits per heavy atom. The second-order valence-corrected chi connectivity index (χ2v) is 12.2. The normalized spacial score (nSPS) is 16.4. The number of nitrogens with one attached hydrogen (secondary N) is 2. The number of hydrogen-bond acceptors (Lipinski definition) is 5. The van der Waals surface area contributed by atoms with Gasteiger partial charge in [0.2, 0.25) is 10.5 Å². The van der Waals surface area contributed by atoms with Crippen molar-refractivity contribution in [3.8, 4) is 0 Å². The fourth-order valence-electron chi connectivity index (χ4n) is 6.22. The average molecular weight is 638 g/mol. The number of rotatable bonds is 8. The molecule has 8 bridgehead atoms. The second-order valence-electron chi connectivity index (χ2n) is 11.0. The molecule has 0 saturated heterocycles. The first-order valence-corrected chi connectivity index (χ1v) is 15.2.